The third-order valence-electron chi connectivity index (χ3n) is 6.07. The van der Waals surface area contributed by atoms with Crippen LogP contribution in [0.1, 0.15) is 59.9 Å². The van der Waals surface area contributed by atoms with Gasteiger partial charge in [0.05, 0.1) is 18.6 Å². The standard InChI is InChI=1S/C23H30N4O3S/c1-16-14-19(17(2)26(16)11-13-29-3)20(28)15-31-23-25-24-22(21-10-7-12-30-21)27(23)18-8-5-4-6-9-18/h7,10,12,14,18H,4-6,8-9,11,13,15H2,1-3H3. The smallest absolute Gasteiger partial charge is 0.200 e. The highest BCUT2D eigenvalue weighted by molar-refractivity contribution is 7.99. The normalized spacial score (nSPS) is 14.9. The summed E-state index contributed by atoms with van der Waals surface area (Å²) in [4.78, 5) is 13.1. The van der Waals surface area contributed by atoms with Crippen LogP contribution in [0.5, 0.6) is 0 Å². The molecule has 3 aromatic heterocycles. The Morgan fingerprint density at radius 2 is 2.06 bits per heavy atom. The number of furan rings is 1. The minimum atomic E-state index is 0.111. The first-order chi connectivity index (χ1) is 15.1. The van der Waals surface area contributed by atoms with Gasteiger partial charge in [0.15, 0.2) is 16.7 Å². The van der Waals surface area contributed by atoms with Crippen molar-refractivity contribution in [2.75, 3.05) is 19.5 Å². The Morgan fingerprint density at radius 1 is 1.26 bits per heavy atom. The Kier molecular flexibility index (Phi) is 6.97. The largest absolute Gasteiger partial charge is 0.461 e. The van der Waals surface area contributed by atoms with Crippen LogP contribution in [0.4, 0.5) is 0 Å². The monoisotopic (exact) mass is 442 g/mol. The number of carbonyl (C=O) groups is 1. The van der Waals surface area contributed by atoms with Gasteiger partial charge in [-0.15, -0.1) is 10.2 Å². The number of rotatable bonds is 9. The highest BCUT2D eigenvalue weighted by Gasteiger charge is 2.26. The van der Waals surface area contributed by atoms with E-state index in [0.29, 0.717) is 18.4 Å². The van der Waals surface area contributed by atoms with Crippen molar-refractivity contribution in [1.29, 1.82) is 0 Å². The SMILES string of the molecule is COCCn1c(C)cc(C(=O)CSc2nnc(-c3ccco3)n2C2CCCCC2)c1C. The lowest BCUT2D eigenvalue weighted by Crippen LogP contribution is -2.15. The zero-order valence-corrected chi connectivity index (χ0v) is 19.3. The summed E-state index contributed by atoms with van der Waals surface area (Å²) in [5.74, 6) is 1.92. The molecule has 0 spiro atoms. The van der Waals surface area contributed by atoms with E-state index in [-0.39, 0.29) is 5.78 Å². The first-order valence-electron chi connectivity index (χ1n) is 10.9. The number of ketones is 1. The van der Waals surface area contributed by atoms with E-state index in [1.165, 1.54) is 31.0 Å². The van der Waals surface area contributed by atoms with Gasteiger partial charge in [-0.1, -0.05) is 31.0 Å². The van der Waals surface area contributed by atoms with E-state index in [1.807, 2.05) is 32.0 Å². The Labute approximate surface area is 187 Å². The quantitative estimate of drug-likeness (QED) is 0.340. The molecule has 3 aromatic rings. The molecule has 0 aliphatic heterocycles. The molecule has 0 atom stereocenters. The fraction of sp³-hybridized carbons (Fsp3) is 0.522. The van der Waals surface area contributed by atoms with Crippen molar-refractivity contribution in [3.8, 4) is 11.6 Å². The highest BCUT2D eigenvalue weighted by atomic mass is 32.2. The average Bonchev–Trinajstić information content (AvgIpc) is 3.51. The Bertz CT molecular complexity index is 1020. The van der Waals surface area contributed by atoms with Crippen LogP contribution in [0.15, 0.2) is 34.0 Å². The molecule has 0 amide bonds. The second-order valence-electron chi connectivity index (χ2n) is 8.09. The van der Waals surface area contributed by atoms with Crippen molar-refractivity contribution in [1.82, 2.24) is 19.3 Å². The molecule has 166 valence electrons. The maximum atomic E-state index is 13.1. The number of aromatic nitrogens is 4. The van der Waals surface area contributed by atoms with Crippen molar-refractivity contribution >= 4 is 17.5 Å². The molecule has 3 heterocycles. The van der Waals surface area contributed by atoms with Gasteiger partial charge in [-0.2, -0.15) is 0 Å². The predicted octanol–water partition coefficient (Wildman–Crippen LogP) is 5.08. The first kappa shape index (κ1) is 21.9. The molecule has 31 heavy (non-hydrogen) atoms. The number of thioether (sulfide) groups is 1. The fourth-order valence-electron chi connectivity index (χ4n) is 4.44. The third kappa shape index (κ3) is 4.65. The van der Waals surface area contributed by atoms with Gasteiger partial charge >= 0.3 is 0 Å². The number of carbonyl (C=O) groups excluding carboxylic acids is 1. The lowest BCUT2D eigenvalue weighted by atomic mass is 9.95. The van der Waals surface area contributed by atoms with Crippen LogP contribution in [0.2, 0.25) is 0 Å². The topological polar surface area (TPSA) is 75.1 Å². The number of Topliss-reactive ketones (excluding diaryl/α,β-unsaturated/α-hetero) is 1. The molecule has 1 aliphatic rings. The Hall–Kier alpha value is -2.32. The van der Waals surface area contributed by atoms with Crippen LogP contribution in [0.25, 0.3) is 11.6 Å². The lowest BCUT2D eigenvalue weighted by Gasteiger charge is -2.25. The van der Waals surface area contributed by atoms with Crippen molar-refractivity contribution in [3.63, 3.8) is 0 Å². The van der Waals surface area contributed by atoms with Crippen molar-refractivity contribution in [3.05, 3.63) is 41.4 Å². The van der Waals surface area contributed by atoms with E-state index in [1.54, 1.807) is 13.4 Å². The van der Waals surface area contributed by atoms with E-state index >= 15 is 0 Å². The van der Waals surface area contributed by atoms with E-state index in [9.17, 15) is 4.79 Å². The summed E-state index contributed by atoms with van der Waals surface area (Å²) in [5, 5.41) is 9.66. The van der Waals surface area contributed by atoms with Crippen LogP contribution in [0.3, 0.4) is 0 Å². The molecule has 1 saturated carbocycles. The molecule has 0 unspecified atom stereocenters. The zero-order chi connectivity index (χ0) is 21.8. The number of hydrogen-bond acceptors (Lipinski definition) is 6. The van der Waals surface area contributed by atoms with Gasteiger partial charge in [0.1, 0.15) is 0 Å². The van der Waals surface area contributed by atoms with Gasteiger partial charge in [0, 0.05) is 36.6 Å². The van der Waals surface area contributed by atoms with Crippen molar-refractivity contribution < 1.29 is 13.9 Å². The summed E-state index contributed by atoms with van der Waals surface area (Å²) in [6, 6.07) is 6.11. The molecular formula is C23H30N4O3S. The zero-order valence-electron chi connectivity index (χ0n) is 18.5. The molecule has 0 radical (unpaired) electrons. The van der Waals surface area contributed by atoms with Gasteiger partial charge in [-0.3, -0.25) is 9.36 Å². The number of nitrogens with zero attached hydrogens (tertiary/aromatic N) is 4. The van der Waals surface area contributed by atoms with Crippen molar-refractivity contribution in [2.24, 2.45) is 0 Å². The molecular weight excluding hydrogens is 412 g/mol. The fourth-order valence-corrected chi connectivity index (χ4v) is 5.32. The third-order valence-corrected chi connectivity index (χ3v) is 7.01. The molecule has 1 aliphatic carbocycles. The lowest BCUT2D eigenvalue weighted by molar-refractivity contribution is 0.102. The molecule has 7 nitrogen and oxygen atoms in total. The molecule has 4 rings (SSSR count). The molecule has 0 saturated heterocycles. The minimum Gasteiger partial charge on any atom is -0.461 e. The predicted molar refractivity (Wildman–Crippen MR) is 121 cm³/mol. The summed E-state index contributed by atoms with van der Waals surface area (Å²) in [6.07, 6.45) is 7.55. The van der Waals surface area contributed by atoms with E-state index in [0.717, 1.165) is 53.1 Å². The number of aryl methyl sites for hydroxylation is 1. The van der Waals surface area contributed by atoms with Crippen LogP contribution in [0, 0.1) is 13.8 Å². The van der Waals surface area contributed by atoms with E-state index < -0.39 is 0 Å². The van der Waals surface area contributed by atoms with Crippen molar-refractivity contribution in [2.45, 2.75) is 63.7 Å². The average molecular weight is 443 g/mol. The van der Waals surface area contributed by atoms with E-state index in [2.05, 4.69) is 19.3 Å². The second kappa shape index (κ2) is 9.87. The van der Waals surface area contributed by atoms with Gasteiger partial charge in [0.25, 0.3) is 0 Å². The summed E-state index contributed by atoms with van der Waals surface area (Å²) >= 11 is 1.47. The number of ether oxygens (including phenoxy) is 1. The molecule has 8 heteroatoms. The van der Waals surface area contributed by atoms with Crippen LogP contribution < -0.4 is 0 Å². The van der Waals surface area contributed by atoms with E-state index in [4.69, 9.17) is 9.15 Å². The summed E-state index contributed by atoms with van der Waals surface area (Å²) in [5.41, 5.74) is 2.84. The molecule has 0 bridgehead atoms. The Balaban J connectivity index is 1.54. The minimum absolute atomic E-state index is 0.111. The second-order valence-corrected chi connectivity index (χ2v) is 9.03. The van der Waals surface area contributed by atoms with Crippen LogP contribution >= 0.6 is 11.8 Å². The molecule has 1 fully saturated rings. The van der Waals surface area contributed by atoms with Gasteiger partial charge in [-0.05, 0) is 44.9 Å². The summed E-state index contributed by atoms with van der Waals surface area (Å²) in [6.45, 7) is 5.40. The summed E-state index contributed by atoms with van der Waals surface area (Å²) < 4.78 is 15.1. The number of hydrogen-bond donors (Lipinski definition) is 0. The van der Waals surface area contributed by atoms with Gasteiger partial charge in [-0.25, -0.2) is 0 Å². The maximum Gasteiger partial charge on any atom is 0.200 e. The highest BCUT2D eigenvalue weighted by Crippen LogP contribution is 2.36. The molecule has 0 N–H and O–H groups in total. The maximum absolute atomic E-state index is 13.1. The molecule has 0 aromatic carbocycles. The summed E-state index contributed by atoms with van der Waals surface area (Å²) in [7, 11) is 1.69. The number of methoxy groups -OCH3 is 1. The first-order valence-corrected chi connectivity index (χ1v) is 11.9. The van der Waals surface area contributed by atoms with Crippen LogP contribution in [-0.4, -0.2) is 44.6 Å². The van der Waals surface area contributed by atoms with Gasteiger partial charge in [0.2, 0.25) is 5.82 Å². The van der Waals surface area contributed by atoms with Crippen LogP contribution in [-0.2, 0) is 11.3 Å². The Morgan fingerprint density at radius 3 is 2.77 bits per heavy atom. The van der Waals surface area contributed by atoms with Gasteiger partial charge < -0.3 is 13.7 Å².